The predicted molar refractivity (Wildman–Crippen MR) is 93.3 cm³/mol. The second-order valence-electron chi connectivity index (χ2n) is 5.95. The quantitative estimate of drug-likeness (QED) is 0.805. The van der Waals surface area contributed by atoms with Gasteiger partial charge in [-0.15, -0.1) is 0 Å². The Morgan fingerprint density at radius 1 is 0.826 bits per heavy atom. The summed E-state index contributed by atoms with van der Waals surface area (Å²) in [6, 6.07) is 4.33. The van der Waals surface area contributed by atoms with Crippen molar-refractivity contribution in [3.05, 3.63) is 12.1 Å². The molecule has 2 aliphatic rings. The number of anilines is 2. The van der Waals surface area contributed by atoms with Gasteiger partial charge in [-0.1, -0.05) is 0 Å². The van der Waals surface area contributed by atoms with Gasteiger partial charge in [0, 0.05) is 38.3 Å². The number of benzene rings is 1. The maximum Gasteiger partial charge on any atom is 0.144 e. The van der Waals surface area contributed by atoms with Gasteiger partial charge in [-0.25, -0.2) is 0 Å². The summed E-state index contributed by atoms with van der Waals surface area (Å²) in [4.78, 5) is 4.75. The van der Waals surface area contributed by atoms with E-state index in [1.54, 1.807) is 0 Å². The van der Waals surface area contributed by atoms with Crippen molar-refractivity contribution in [1.82, 2.24) is 0 Å². The summed E-state index contributed by atoms with van der Waals surface area (Å²) in [6.45, 7) is 11.0. The van der Waals surface area contributed by atoms with Crippen LogP contribution in [0.3, 0.4) is 0 Å². The van der Waals surface area contributed by atoms with Crippen LogP contribution in [0.25, 0.3) is 0 Å². The molecule has 0 radical (unpaired) electrons. The zero-order chi connectivity index (χ0) is 16.1. The largest absolute Gasteiger partial charge is 0.492 e. The summed E-state index contributed by atoms with van der Waals surface area (Å²) < 4.78 is 17.4. The minimum atomic E-state index is 0.671. The van der Waals surface area contributed by atoms with Crippen LogP contribution in [0.5, 0.6) is 11.5 Å². The van der Waals surface area contributed by atoms with Crippen molar-refractivity contribution >= 4 is 11.4 Å². The highest BCUT2D eigenvalue weighted by Crippen LogP contribution is 2.41. The van der Waals surface area contributed by atoms with Crippen molar-refractivity contribution < 1.29 is 14.2 Å². The molecular formula is C18H28N2O3. The summed E-state index contributed by atoms with van der Waals surface area (Å²) >= 11 is 0. The first kappa shape index (κ1) is 16.2. The lowest BCUT2D eigenvalue weighted by atomic mass is 10.2. The molecule has 2 saturated heterocycles. The number of ether oxygens (including phenoxy) is 3. The van der Waals surface area contributed by atoms with Crippen molar-refractivity contribution in [2.75, 3.05) is 62.4 Å². The third-order valence-electron chi connectivity index (χ3n) is 4.44. The number of nitrogens with zero attached hydrogens (tertiary/aromatic N) is 2. The van der Waals surface area contributed by atoms with Crippen LogP contribution in [0.1, 0.15) is 26.7 Å². The van der Waals surface area contributed by atoms with Gasteiger partial charge in [-0.05, 0) is 26.7 Å². The Morgan fingerprint density at radius 2 is 1.30 bits per heavy atom. The zero-order valence-corrected chi connectivity index (χ0v) is 14.3. The third-order valence-corrected chi connectivity index (χ3v) is 4.44. The summed E-state index contributed by atoms with van der Waals surface area (Å²) in [7, 11) is 0. The van der Waals surface area contributed by atoms with E-state index in [4.69, 9.17) is 14.2 Å². The van der Waals surface area contributed by atoms with E-state index in [0.717, 1.165) is 56.6 Å². The first-order valence-electron chi connectivity index (χ1n) is 8.84. The highest BCUT2D eigenvalue weighted by atomic mass is 16.5. The van der Waals surface area contributed by atoms with Crippen molar-refractivity contribution in [3.63, 3.8) is 0 Å². The Bertz CT molecular complexity index is 509. The summed E-state index contributed by atoms with van der Waals surface area (Å²) in [5.74, 6) is 1.93. The molecule has 0 N–H and O–H groups in total. The van der Waals surface area contributed by atoms with E-state index < -0.39 is 0 Å². The van der Waals surface area contributed by atoms with Gasteiger partial charge in [0.2, 0.25) is 0 Å². The second-order valence-corrected chi connectivity index (χ2v) is 5.95. The molecule has 1 aromatic rings. The van der Waals surface area contributed by atoms with E-state index in [0.29, 0.717) is 13.2 Å². The molecule has 5 nitrogen and oxygen atoms in total. The van der Waals surface area contributed by atoms with E-state index in [9.17, 15) is 0 Å². The fourth-order valence-electron chi connectivity index (χ4n) is 3.34. The molecule has 2 fully saturated rings. The summed E-state index contributed by atoms with van der Waals surface area (Å²) in [6.07, 6.45) is 2.50. The van der Waals surface area contributed by atoms with Crippen molar-refractivity contribution in [3.8, 4) is 11.5 Å². The third kappa shape index (κ3) is 3.66. The van der Waals surface area contributed by atoms with Crippen LogP contribution in [-0.2, 0) is 4.74 Å². The highest BCUT2D eigenvalue weighted by Gasteiger charge is 2.23. The van der Waals surface area contributed by atoms with Gasteiger partial charge in [-0.3, -0.25) is 0 Å². The normalized spacial score (nSPS) is 18.3. The maximum absolute atomic E-state index is 5.96. The minimum Gasteiger partial charge on any atom is -0.492 e. The van der Waals surface area contributed by atoms with Gasteiger partial charge >= 0.3 is 0 Å². The Hall–Kier alpha value is -1.62. The monoisotopic (exact) mass is 320 g/mol. The lowest BCUT2D eigenvalue weighted by molar-refractivity contribution is 0.122. The zero-order valence-electron chi connectivity index (χ0n) is 14.3. The number of hydrogen-bond acceptors (Lipinski definition) is 5. The molecule has 0 aliphatic carbocycles. The standard InChI is InChI=1S/C18H28N2O3/c1-3-22-17-14-16(20-9-11-21-12-10-20)18(23-4-2)13-15(17)19-7-5-6-8-19/h13-14H,3-12H2,1-2H3. The molecule has 0 bridgehead atoms. The molecule has 128 valence electrons. The fraction of sp³-hybridized carbons (Fsp3) is 0.667. The molecule has 0 aromatic heterocycles. The molecule has 1 aromatic carbocycles. The van der Waals surface area contributed by atoms with Gasteiger partial charge in [0.1, 0.15) is 11.5 Å². The van der Waals surface area contributed by atoms with Crippen LogP contribution >= 0.6 is 0 Å². The smallest absolute Gasteiger partial charge is 0.144 e. The van der Waals surface area contributed by atoms with Crippen LogP contribution in [0, 0.1) is 0 Å². The van der Waals surface area contributed by atoms with E-state index in [-0.39, 0.29) is 0 Å². The molecule has 23 heavy (non-hydrogen) atoms. The Kier molecular flexibility index (Phi) is 5.49. The van der Waals surface area contributed by atoms with Gasteiger partial charge in [0.15, 0.2) is 0 Å². The van der Waals surface area contributed by atoms with Crippen molar-refractivity contribution in [1.29, 1.82) is 0 Å². The number of morpholine rings is 1. The van der Waals surface area contributed by atoms with Crippen LogP contribution in [-0.4, -0.2) is 52.6 Å². The molecule has 0 saturated carbocycles. The molecule has 3 rings (SSSR count). The number of hydrogen-bond donors (Lipinski definition) is 0. The fourth-order valence-corrected chi connectivity index (χ4v) is 3.34. The summed E-state index contributed by atoms with van der Waals surface area (Å²) in [5, 5.41) is 0. The van der Waals surface area contributed by atoms with Gasteiger partial charge in [0.05, 0.1) is 37.8 Å². The van der Waals surface area contributed by atoms with E-state index in [1.165, 1.54) is 18.5 Å². The van der Waals surface area contributed by atoms with Gasteiger partial charge in [0.25, 0.3) is 0 Å². The Labute approximate surface area is 139 Å². The first-order chi connectivity index (χ1) is 11.3. The SMILES string of the molecule is CCOc1cc(N2CCOCC2)c(OCC)cc1N1CCCC1. The van der Waals surface area contributed by atoms with Gasteiger partial charge < -0.3 is 24.0 Å². The summed E-state index contributed by atoms with van der Waals surface area (Å²) in [5.41, 5.74) is 2.30. The molecular weight excluding hydrogens is 292 g/mol. The molecule has 0 amide bonds. The van der Waals surface area contributed by atoms with Crippen LogP contribution in [0.15, 0.2) is 12.1 Å². The minimum absolute atomic E-state index is 0.671. The predicted octanol–water partition coefficient (Wildman–Crippen LogP) is 2.92. The van der Waals surface area contributed by atoms with E-state index in [1.807, 2.05) is 13.8 Å². The molecule has 2 aliphatic heterocycles. The van der Waals surface area contributed by atoms with Crippen molar-refractivity contribution in [2.24, 2.45) is 0 Å². The second kappa shape index (κ2) is 7.77. The topological polar surface area (TPSA) is 34.2 Å². The lowest BCUT2D eigenvalue weighted by Gasteiger charge is -2.32. The van der Waals surface area contributed by atoms with E-state index >= 15 is 0 Å². The van der Waals surface area contributed by atoms with Crippen LogP contribution in [0.2, 0.25) is 0 Å². The average molecular weight is 320 g/mol. The molecule has 0 spiro atoms. The lowest BCUT2D eigenvalue weighted by Crippen LogP contribution is -2.36. The van der Waals surface area contributed by atoms with E-state index in [2.05, 4.69) is 21.9 Å². The van der Waals surface area contributed by atoms with Crippen LogP contribution in [0.4, 0.5) is 11.4 Å². The van der Waals surface area contributed by atoms with Crippen LogP contribution < -0.4 is 19.3 Å². The maximum atomic E-state index is 5.96. The Balaban J connectivity index is 1.97. The highest BCUT2D eigenvalue weighted by molar-refractivity contribution is 5.73. The average Bonchev–Trinajstić information content (AvgIpc) is 3.11. The molecule has 2 heterocycles. The van der Waals surface area contributed by atoms with Crippen molar-refractivity contribution in [2.45, 2.75) is 26.7 Å². The number of rotatable bonds is 6. The Morgan fingerprint density at radius 3 is 1.78 bits per heavy atom. The molecule has 0 atom stereocenters. The first-order valence-corrected chi connectivity index (χ1v) is 8.84. The molecule has 0 unspecified atom stereocenters. The van der Waals surface area contributed by atoms with Gasteiger partial charge in [-0.2, -0.15) is 0 Å². The molecule has 5 heteroatoms.